The van der Waals surface area contributed by atoms with Crippen molar-refractivity contribution >= 4 is 41.3 Å². The molecule has 0 radical (unpaired) electrons. The standard InChI is InChI=1S/C16H24N6OS.HI/c1-3-17-16(19-11-15-18-10-13(2)24-15)22-7-5-21(6-8-22)12-14-4-9-23-20-14;/h4,9-10H,3,5-8,11-12H2,1-2H3,(H,17,19);1H. The van der Waals surface area contributed by atoms with Gasteiger partial charge in [-0.3, -0.25) is 4.90 Å². The fourth-order valence-corrected chi connectivity index (χ4v) is 3.42. The molecule has 1 aliphatic rings. The molecular weight excluding hydrogens is 451 g/mol. The molecule has 0 aromatic carbocycles. The molecule has 3 heterocycles. The van der Waals surface area contributed by atoms with Gasteiger partial charge in [0.1, 0.15) is 11.3 Å². The molecule has 0 unspecified atom stereocenters. The van der Waals surface area contributed by atoms with Crippen molar-refractivity contribution in [1.82, 2.24) is 25.3 Å². The summed E-state index contributed by atoms with van der Waals surface area (Å²) in [4.78, 5) is 15.1. The molecule has 138 valence electrons. The summed E-state index contributed by atoms with van der Waals surface area (Å²) in [7, 11) is 0. The van der Waals surface area contributed by atoms with E-state index in [1.807, 2.05) is 12.3 Å². The number of guanidine groups is 1. The molecule has 0 spiro atoms. The topological polar surface area (TPSA) is 69.8 Å². The number of aryl methyl sites for hydroxylation is 1. The third kappa shape index (κ3) is 5.93. The van der Waals surface area contributed by atoms with E-state index in [4.69, 9.17) is 9.52 Å². The third-order valence-electron chi connectivity index (χ3n) is 3.92. The number of aliphatic imine (C=N–C) groups is 1. The Hall–Kier alpha value is -1.20. The second kappa shape index (κ2) is 10.1. The molecule has 3 rings (SSSR count). The van der Waals surface area contributed by atoms with Crippen LogP contribution in [0.1, 0.15) is 22.5 Å². The molecule has 1 aliphatic heterocycles. The molecule has 9 heteroatoms. The largest absolute Gasteiger partial charge is 0.364 e. The van der Waals surface area contributed by atoms with E-state index < -0.39 is 0 Å². The van der Waals surface area contributed by atoms with Crippen molar-refractivity contribution in [2.75, 3.05) is 32.7 Å². The number of aromatic nitrogens is 2. The fraction of sp³-hybridized carbons (Fsp3) is 0.562. The lowest BCUT2D eigenvalue weighted by Gasteiger charge is -2.36. The number of nitrogens with one attached hydrogen (secondary N) is 1. The maximum Gasteiger partial charge on any atom is 0.194 e. The van der Waals surface area contributed by atoms with Crippen LogP contribution in [-0.2, 0) is 13.1 Å². The highest BCUT2D eigenvalue weighted by molar-refractivity contribution is 14.0. The van der Waals surface area contributed by atoms with Crippen LogP contribution in [0.3, 0.4) is 0 Å². The van der Waals surface area contributed by atoms with E-state index in [0.29, 0.717) is 6.54 Å². The highest BCUT2D eigenvalue weighted by atomic mass is 127. The van der Waals surface area contributed by atoms with E-state index in [9.17, 15) is 0 Å². The van der Waals surface area contributed by atoms with Gasteiger partial charge in [0.2, 0.25) is 0 Å². The smallest absolute Gasteiger partial charge is 0.194 e. The number of halogens is 1. The molecule has 1 saturated heterocycles. The van der Waals surface area contributed by atoms with Gasteiger partial charge in [-0.2, -0.15) is 0 Å². The Labute approximate surface area is 169 Å². The van der Waals surface area contributed by atoms with E-state index in [-0.39, 0.29) is 24.0 Å². The van der Waals surface area contributed by atoms with Crippen LogP contribution in [-0.4, -0.2) is 58.6 Å². The van der Waals surface area contributed by atoms with Crippen LogP contribution in [0.15, 0.2) is 28.0 Å². The number of thiazole rings is 1. The predicted molar refractivity (Wildman–Crippen MR) is 110 cm³/mol. The van der Waals surface area contributed by atoms with Crippen LogP contribution in [0.2, 0.25) is 0 Å². The lowest BCUT2D eigenvalue weighted by Crippen LogP contribution is -2.52. The molecule has 0 bridgehead atoms. The van der Waals surface area contributed by atoms with Crippen molar-refractivity contribution < 1.29 is 4.52 Å². The number of rotatable bonds is 5. The van der Waals surface area contributed by atoms with Crippen molar-refractivity contribution in [1.29, 1.82) is 0 Å². The summed E-state index contributed by atoms with van der Waals surface area (Å²) in [6.07, 6.45) is 3.53. The Morgan fingerprint density at radius 1 is 1.36 bits per heavy atom. The molecule has 7 nitrogen and oxygen atoms in total. The highest BCUT2D eigenvalue weighted by Crippen LogP contribution is 2.13. The van der Waals surface area contributed by atoms with Gasteiger partial charge in [-0.05, 0) is 13.8 Å². The second-order valence-corrected chi connectivity index (χ2v) is 7.11. The zero-order valence-corrected chi connectivity index (χ0v) is 17.8. The SMILES string of the molecule is CCNC(=NCc1ncc(C)s1)N1CCN(Cc2ccon2)CC1.I. The normalized spacial score (nSPS) is 15.9. The second-order valence-electron chi connectivity index (χ2n) is 5.79. The number of nitrogens with zero attached hydrogens (tertiary/aromatic N) is 5. The predicted octanol–water partition coefficient (Wildman–Crippen LogP) is 2.34. The van der Waals surface area contributed by atoms with Crippen molar-refractivity contribution in [2.24, 2.45) is 4.99 Å². The van der Waals surface area contributed by atoms with Gasteiger partial charge in [0, 0.05) is 56.4 Å². The van der Waals surface area contributed by atoms with Crippen molar-refractivity contribution in [2.45, 2.75) is 26.9 Å². The first kappa shape index (κ1) is 20.1. The molecule has 2 aromatic rings. The van der Waals surface area contributed by atoms with E-state index in [1.165, 1.54) is 4.88 Å². The average Bonchev–Trinajstić information content (AvgIpc) is 3.24. The number of hydrogen-bond acceptors (Lipinski definition) is 6. The molecule has 0 saturated carbocycles. The summed E-state index contributed by atoms with van der Waals surface area (Å²) in [5.74, 6) is 0.978. The van der Waals surface area contributed by atoms with E-state index in [0.717, 1.165) is 55.9 Å². The van der Waals surface area contributed by atoms with Gasteiger partial charge in [-0.1, -0.05) is 5.16 Å². The highest BCUT2D eigenvalue weighted by Gasteiger charge is 2.20. The van der Waals surface area contributed by atoms with Crippen molar-refractivity contribution in [3.8, 4) is 0 Å². The van der Waals surface area contributed by atoms with Gasteiger partial charge < -0.3 is 14.7 Å². The molecule has 2 aromatic heterocycles. The molecule has 0 amide bonds. The Morgan fingerprint density at radius 2 is 2.16 bits per heavy atom. The van der Waals surface area contributed by atoms with Crippen molar-refractivity contribution in [3.05, 3.63) is 34.1 Å². The summed E-state index contributed by atoms with van der Waals surface area (Å²) in [6.45, 7) is 10.4. The van der Waals surface area contributed by atoms with Crippen LogP contribution >= 0.6 is 35.3 Å². The molecule has 25 heavy (non-hydrogen) atoms. The van der Waals surface area contributed by atoms with Gasteiger partial charge >= 0.3 is 0 Å². The minimum Gasteiger partial charge on any atom is -0.364 e. The lowest BCUT2D eigenvalue weighted by molar-refractivity contribution is 0.169. The lowest BCUT2D eigenvalue weighted by atomic mass is 10.3. The maximum atomic E-state index is 4.90. The van der Waals surface area contributed by atoms with Crippen LogP contribution in [0.25, 0.3) is 0 Å². The molecule has 1 N–H and O–H groups in total. The zero-order valence-electron chi connectivity index (χ0n) is 14.6. The first-order chi connectivity index (χ1) is 11.7. The number of piperazine rings is 1. The fourth-order valence-electron chi connectivity index (χ4n) is 2.71. The van der Waals surface area contributed by atoms with E-state index >= 15 is 0 Å². The Kier molecular flexibility index (Phi) is 8.10. The number of hydrogen-bond donors (Lipinski definition) is 1. The summed E-state index contributed by atoms with van der Waals surface area (Å²) in [5.41, 5.74) is 0.989. The third-order valence-corrected chi connectivity index (χ3v) is 4.81. The van der Waals surface area contributed by atoms with Crippen LogP contribution in [0.4, 0.5) is 0 Å². The van der Waals surface area contributed by atoms with Crippen LogP contribution < -0.4 is 5.32 Å². The zero-order chi connectivity index (χ0) is 16.8. The van der Waals surface area contributed by atoms with Crippen molar-refractivity contribution in [3.63, 3.8) is 0 Å². The minimum absolute atomic E-state index is 0. The summed E-state index contributed by atoms with van der Waals surface area (Å²) < 4.78 is 4.90. The van der Waals surface area contributed by atoms with Gasteiger partial charge in [0.25, 0.3) is 0 Å². The Bertz CT molecular complexity index is 651. The quantitative estimate of drug-likeness (QED) is 0.406. The van der Waals surface area contributed by atoms with Crippen LogP contribution in [0, 0.1) is 6.92 Å². The molecule has 0 aliphatic carbocycles. The maximum absolute atomic E-state index is 4.90. The van der Waals surface area contributed by atoms with E-state index in [2.05, 4.69) is 39.1 Å². The van der Waals surface area contributed by atoms with Gasteiger partial charge in [0.15, 0.2) is 5.96 Å². The summed E-state index contributed by atoms with van der Waals surface area (Å²) in [5, 5.41) is 8.45. The van der Waals surface area contributed by atoms with Crippen LogP contribution in [0.5, 0.6) is 0 Å². The average molecular weight is 476 g/mol. The van der Waals surface area contributed by atoms with Gasteiger partial charge in [-0.25, -0.2) is 9.98 Å². The first-order valence-corrected chi connectivity index (χ1v) is 9.12. The summed E-state index contributed by atoms with van der Waals surface area (Å²) in [6, 6.07) is 1.92. The van der Waals surface area contributed by atoms with Gasteiger partial charge in [0.05, 0.1) is 12.2 Å². The monoisotopic (exact) mass is 476 g/mol. The molecule has 1 fully saturated rings. The Balaban J connectivity index is 0.00000225. The molecule has 0 atom stereocenters. The Morgan fingerprint density at radius 3 is 2.76 bits per heavy atom. The summed E-state index contributed by atoms with van der Waals surface area (Å²) >= 11 is 1.71. The minimum atomic E-state index is 0. The molecular formula is C16H25IN6OS. The first-order valence-electron chi connectivity index (χ1n) is 8.30. The van der Waals surface area contributed by atoms with E-state index in [1.54, 1.807) is 17.6 Å². The van der Waals surface area contributed by atoms with Gasteiger partial charge in [-0.15, -0.1) is 35.3 Å².